The molecule has 0 rings (SSSR count). The molecule has 3 nitrogen and oxygen atoms in total. The van der Waals surface area contributed by atoms with Crippen LogP contribution in [0.3, 0.4) is 0 Å². The SMILES string of the molecule is CC(C)CCOCCNC(C)(C)C(C)O. The van der Waals surface area contributed by atoms with Crippen LogP contribution in [0.4, 0.5) is 0 Å². The quantitative estimate of drug-likeness (QED) is 0.609. The molecule has 15 heavy (non-hydrogen) atoms. The second-order valence-electron chi connectivity index (χ2n) is 5.12. The summed E-state index contributed by atoms with van der Waals surface area (Å²) >= 11 is 0. The lowest BCUT2D eigenvalue weighted by molar-refractivity contribution is 0.0788. The van der Waals surface area contributed by atoms with Gasteiger partial charge in [0.1, 0.15) is 0 Å². The fraction of sp³-hybridized carbons (Fsp3) is 1.00. The largest absolute Gasteiger partial charge is 0.392 e. The molecule has 0 aliphatic heterocycles. The summed E-state index contributed by atoms with van der Waals surface area (Å²) in [5.74, 6) is 0.701. The summed E-state index contributed by atoms with van der Waals surface area (Å²) < 4.78 is 5.48. The smallest absolute Gasteiger partial charge is 0.0688 e. The third-order valence-corrected chi connectivity index (χ3v) is 2.71. The van der Waals surface area contributed by atoms with E-state index in [9.17, 15) is 5.11 Å². The van der Waals surface area contributed by atoms with Crippen molar-refractivity contribution in [2.45, 2.75) is 52.7 Å². The molecule has 0 aliphatic carbocycles. The summed E-state index contributed by atoms with van der Waals surface area (Å²) in [5.41, 5.74) is -0.235. The van der Waals surface area contributed by atoms with E-state index in [0.29, 0.717) is 12.5 Å². The Bertz CT molecular complexity index is 156. The Morgan fingerprint density at radius 3 is 2.27 bits per heavy atom. The van der Waals surface area contributed by atoms with Crippen LogP contribution in [0.5, 0.6) is 0 Å². The normalized spacial score (nSPS) is 14.6. The van der Waals surface area contributed by atoms with E-state index in [1.807, 2.05) is 13.8 Å². The molecule has 2 N–H and O–H groups in total. The van der Waals surface area contributed by atoms with E-state index in [1.165, 1.54) is 0 Å². The molecule has 1 unspecified atom stereocenters. The Morgan fingerprint density at radius 2 is 1.80 bits per heavy atom. The van der Waals surface area contributed by atoms with Crippen LogP contribution in [0.25, 0.3) is 0 Å². The lowest BCUT2D eigenvalue weighted by atomic mass is 9.99. The second kappa shape index (κ2) is 7.20. The van der Waals surface area contributed by atoms with Crippen LogP contribution in [-0.2, 0) is 4.74 Å². The number of hydrogen-bond acceptors (Lipinski definition) is 3. The van der Waals surface area contributed by atoms with Crippen molar-refractivity contribution in [3.8, 4) is 0 Å². The number of hydrogen-bond donors (Lipinski definition) is 2. The van der Waals surface area contributed by atoms with Gasteiger partial charge in [-0.05, 0) is 33.1 Å². The molecule has 0 aromatic carbocycles. The van der Waals surface area contributed by atoms with Crippen molar-refractivity contribution in [1.29, 1.82) is 0 Å². The summed E-state index contributed by atoms with van der Waals surface area (Å²) in [6, 6.07) is 0. The molecule has 0 heterocycles. The first kappa shape index (κ1) is 14.9. The highest BCUT2D eigenvalue weighted by Crippen LogP contribution is 2.07. The van der Waals surface area contributed by atoms with Crippen LogP contribution in [0.2, 0.25) is 0 Å². The fourth-order valence-corrected chi connectivity index (χ4v) is 1.01. The lowest BCUT2D eigenvalue weighted by Gasteiger charge is -2.29. The summed E-state index contributed by atoms with van der Waals surface area (Å²) in [7, 11) is 0. The van der Waals surface area contributed by atoms with Crippen molar-refractivity contribution < 1.29 is 9.84 Å². The van der Waals surface area contributed by atoms with Gasteiger partial charge in [-0.15, -0.1) is 0 Å². The van der Waals surface area contributed by atoms with Gasteiger partial charge in [0, 0.05) is 18.7 Å². The average Bonchev–Trinajstić information content (AvgIpc) is 2.10. The van der Waals surface area contributed by atoms with Crippen molar-refractivity contribution >= 4 is 0 Å². The van der Waals surface area contributed by atoms with E-state index in [-0.39, 0.29) is 11.6 Å². The van der Waals surface area contributed by atoms with Crippen LogP contribution in [-0.4, -0.2) is 36.5 Å². The zero-order valence-corrected chi connectivity index (χ0v) is 10.8. The highest BCUT2D eigenvalue weighted by Gasteiger charge is 2.22. The highest BCUT2D eigenvalue weighted by atomic mass is 16.5. The molecule has 0 fully saturated rings. The molecule has 3 heteroatoms. The van der Waals surface area contributed by atoms with Crippen molar-refractivity contribution in [2.75, 3.05) is 19.8 Å². The Balaban J connectivity index is 3.39. The van der Waals surface area contributed by atoms with E-state index in [2.05, 4.69) is 19.2 Å². The molecule has 1 atom stereocenters. The molecule has 0 spiro atoms. The number of nitrogens with one attached hydrogen (secondary N) is 1. The van der Waals surface area contributed by atoms with Gasteiger partial charge in [0.15, 0.2) is 0 Å². The first-order valence-corrected chi connectivity index (χ1v) is 5.87. The Kier molecular flexibility index (Phi) is 7.14. The molecule has 0 saturated heterocycles. The summed E-state index contributed by atoms with van der Waals surface area (Å²) in [6.07, 6.45) is 0.757. The van der Waals surface area contributed by atoms with Crippen molar-refractivity contribution in [1.82, 2.24) is 5.32 Å². The van der Waals surface area contributed by atoms with E-state index >= 15 is 0 Å². The number of ether oxygens (including phenoxy) is 1. The number of rotatable bonds is 8. The minimum Gasteiger partial charge on any atom is -0.392 e. The number of aliphatic hydroxyl groups is 1. The van der Waals surface area contributed by atoms with Gasteiger partial charge in [-0.25, -0.2) is 0 Å². The Labute approximate surface area is 94.2 Å². The van der Waals surface area contributed by atoms with E-state index in [0.717, 1.165) is 19.6 Å². The number of aliphatic hydroxyl groups excluding tert-OH is 1. The molecule has 0 bridgehead atoms. The molecule has 0 aromatic rings. The summed E-state index contributed by atoms with van der Waals surface area (Å²) in [4.78, 5) is 0. The predicted octanol–water partition coefficient (Wildman–Crippen LogP) is 1.80. The predicted molar refractivity (Wildman–Crippen MR) is 64.0 cm³/mol. The maximum absolute atomic E-state index is 9.45. The molecular weight excluding hydrogens is 190 g/mol. The zero-order valence-electron chi connectivity index (χ0n) is 10.8. The van der Waals surface area contributed by atoms with Crippen LogP contribution in [0.15, 0.2) is 0 Å². The monoisotopic (exact) mass is 217 g/mol. The van der Waals surface area contributed by atoms with E-state index in [4.69, 9.17) is 4.74 Å². The van der Waals surface area contributed by atoms with Crippen LogP contribution >= 0.6 is 0 Å². The van der Waals surface area contributed by atoms with Crippen molar-refractivity contribution in [2.24, 2.45) is 5.92 Å². The average molecular weight is 217 g/mol. The molecule has 0 aromatic heterocycles. The first-order chi connectivity index (χ1) is 6.86. The molecular formula is C12H27NO2. The van der Waals surface area contributed by atoms with Crippen LogP contribution < -0.4 is 5.32 Å². The van der Waals surface area contributed by atoms with E-state index in [1.54, 1.807) is 6.92 Å². The maximum Gasteiger partial charge on any atom is 0.0688 e. The van der Waals surface area contributed by atoms with Crippen molar-refractivity contribution in [3.63, 3.8) is 0 Å². The second-order valence-corrected chi connectivity index (χ2v) is 5.12. The minimum atomic E-state index is -0.354. The van der Waals surface area contributed by atoms with Gasteiger partial charge in [0.2, 0.25) is 0 Å². The third kappa shape index (κ3) is 7.77. The maximum atomic E-state index is 9.45. The third-order valence-electron chi connectivity index (χ3n) is 2.71. The van der Waals surface area contributed by atoms with Crippen LogP contribution in [0, 0.1) is 5.92 Å². The summed E-state index contributed by atoms with van der Waals surface area (Å²) in [6.45, 7) is 12.5. The standard InChI is InChI=1S/C12H27NO2/c1-10(2)6-8-15-9-7-13-12(4,5)11(3)14/h10-11,13-14H,6-9H2,1-5H3. The lowest BCUT2D eigenvalue weighted by Crippen LogP contribution is -2.49. The molecule has 0 amide bonds. The molecule has 0 radical (unpaired) electrons. The van der Waals surface area contributed by atoms with Gasteiger partial charge in [0.25, 0.3) is 0 Å². The topological polar surface area (TPSA) is 41.5 Å². The molecule has 0 saturated carbocycles. The van der Waals surface area contributed by atoms with Gasteiger partial charge in [0.05, 0.1) is 12.7 Å². The zero-order chi connectivity index (χ0) is 11.9. The van der Waals surface area contributed by atoms with Gasteiger partial charge >= 0.3 is 0 Å². The van der Waals surface area contributed by atoms with Gasteiger partial charge < -0.3 is 15.2 Å². The molecule has 0 aliphatic rings. The van der Waals surface area contributed by atoms with Gasteiger partial charge in [-0.1, -0.05) is 13.8 Å². The summed E-state index contributed by atoms with van der Waals surface area (Å²) in [5, 5.41) is 12.7. The fourth-order valence-electron chi connectivity index (χ4n) is 1.01. The Hall–Kier alpha value is -0.120. The van der Waals surface area contributed by atoms with Crippen LogP contribution in [0.1, 0.15) is 41.0 Å². The minimum absolute atomic E-state index is 0.235. The van der Waals surface area contributed by atoms with Gasteiger partial charge in [-0.3, -0.25) is 0 Å². The van der Waals surface area contributed by atoms with E-state index < -0.39 is 0 Å². The Morgan fingerprint density at radius 1 is 1.20 bits per heavy atom. The highest BCUT2D eigenvalue weighted by molar-refractivity contribution is 4.82. The van der Waals surface area contributed by atoms with Crippen molar-refractivity contribution in [3.05, 3.63) is 0 Å². The first-order valence-electron chi connectivity index (χ1n) is 5.87. The van der Waals surface area contributed by atoms with Gasteiger partial charge in [-0.2, -0.15) is 0 Å². The molecule has 92 valence electrons.